The van der Waals surface area contributed by atoms with Gasteiger partial charge in [0.2, 0.25) is 0 Å². The Kier molecular flexibility index (Phi) is 6.43. The monoisotopic (exact) mass is 264 g/mol. The molecular weight excluding hydrogens is 244 g/mol. The largest absolute Gasteiger partial charge is 0.480 e. The maximum absolute atomic E-state index is 11.5. The third-order valence-electron chi connectivity index (χ3n) is 2.70. The summed E-state index contributed by atoms with van der Waals surface area (Å²) in [6.45, 7) is 2.58. The Bertz CT molecular complexity index is 406. The molecule has 0 saturated carbocycles. The SMILES string of the molecule is CCCCNC(=O)N[C@@H](Cc1ccccc1)C(=O)O. The van der Waals surface area contributed by atoms with Crippen molar-refractivity contribution in [3.8, 4) is 0 Å². The number of carboxylic acids is 1. The van der Waals surface area contributed by atoms with Crippen molar-refractivity contribution in [1.82, 2.24) is 10.6 Å². The second-order valence-corrected chi connectivity index (χ2v) is 4.33. The molecule has 0 aromatic heterocycles. The van der Waals surface area contributed by atoms with Gasteiger partial charge in [-0.3, -0.25) is 0 Å². The molecule has 0 aliphatic rings. The zero-order valence-electron chi connectivity index (χ0n) is 11.1. The molecule has 1 atom stereocenters. The lowest BCUT2D eigenvalue weighted by Crippen LogP contribution is -2.47. The van der Waals surface area contributed by atoms with E-state index >= 15 is 0 Å². The molecule has 2 amide bonds. The summed E-state index contributed by atoms with van der Waals surface area (Å²) in [7, 11) is 0. The fourth-order valence-electron chi connectivity index (χ4n) is 1.64. The molecule has 0 bridgehead atoms. The molecule has 5 nitrogen and oxygen atoms in total. The highest BCUT2D eigenvalue weighted by Crippen LogP contribution is 2.03. The number of hydrogen-bond acceptors (Lipinski definition) is 2. The number of carbonyl (C=O) groups is 2. The highest BCUT2D eigenvalue weighted by molar-refractivity contribution is 5.82. The van der Waals surface area contributed by atoms with Gasteiger partial charge in [-0.25, -0.2) is 9.59 Å². The lowest BCUT2D eigenvalue weighted by atomic mass is 10.1. The van der Waals surface area contributed by atoms with E-state index in [0.717, 1.165) is 18.4 Å². The van der Waals surface area contributed by atoms with Crippen LogP contribution in [-0.4, -0.2) is 29.7 Å². The molecule has 0 spiro atoms. The summed E-state index contributed by atoms with van der Waals surface area (Å²) in [5, 5.41) is 14.2. The molecule has 0 radical (unpaired) electrons. The normalized spacial score (nSPS) is 11.6. The van der Waals surface area contributed by atoms with Crippen LogP contribution in [0.1, 0.15) is 25.3 Å². The van der Waals surface area contributed by atoms with E-state index < -0.39 is 18.0 Å². The van der Waals surface area contributed by atoms with Crippen LogP contribution < -0.4 is 10.6 Å². The maximum Gasteiger partial charge on any atom is 0.326 e. The second-order valence-electron chi connectivity index (χ2n) is 4.33. The number of nitrogens with one attached hydrogen (secondary N) is 2. The minimum atomic E-state index is -1.03. The van der Waals surface area contributed by atoms with Crippen LogP contribution in [0.15, 0.2) is 30.3 Å². The van der Waals surface area contributed by atoms with Crippen molar-refractivity contribution in [2.45, 2.75) is 32.2 Å². The van der Waals surface area contributed by atoms with Gasteiger partial charge in [-0.2, -0.15) is 0 Å². The molecular formula is C14H20N2O3. The van der Waals surface area contributed by atoms with E-state index in [-0.39, 0.29) is 6.42 Å². The van der Waals surface area contributed by atoms with Crippen LogP contribution in [0, 0.1) is 0 Å². The molecule has 0 fully saturated rings. The van der Waals surface area contributed by atoms with E-state index in [1.165, 1.54) is 0 Å². The van der Waals surface area contributed by atoms with Crippen molar-refractivity contribution >= 4 is 12.0 Å². The molecule has 1 aromatic rings. The lowest BCUT2D eigenvalue weighted by molar-refractivity contribution is -0.139. The topological polar surface area (TPSA) is 78.4 Å². The van der Waals surface area contributed by atoms with E-state index in [4.69, 9.17) is 5.11 Å². The van der Waals surface area contributed by atoms with Crippen molar-refractivity contribution in [2.75, 3.05) is 6.54 Å². The summed E-state index contributed by atoms with van der Waals surface area (Å²) in [6, 6.07) is 7.88. The molecule has 1 aromatic carbocycles. The van der Waals surface area contributed by atoms with Gasteiger partial charge in [0, 0.05) is 13.0 Å². The number of unbranched alkanes of at least 4 members (excludes halogenated alkanes) is 1. The smallest absolute Gasteiger partial charge is 0.326 e. The van der Waals surface area contributed by atoms with Crippen molar-refractivity contribution in [3.63, 3.8) is 0 Å². The van der Waals surface area contributed by atoms with Crippen molar-refractivity contribution in [2.24, 2.45) is 0 Å². The molecule has 0 aliphatic carbocycles. The van der Waals surface area contributed by atoms with Gasteiger partial charge in [0.05, 0.1) is 0 Å². The highest BCUT2D eigenvalue weighted by Gasteiger charge is 2.19. The van der Waals surface area contributed by atoms with Crippen LogP contribution >= 0.6 is 0 Å². The molecule has 0 unspecified atom stereocenters. The molecule has 0 heterocycles. The van der Waals surface area contributed by atoms with Gasteiger partial charge >= 0.3 is 12.0 Å². The Balaban J connectivity index is 2.49. The van der Waals surface area contributed by atoms with Crippen LogP contribution in [0.5, 0.6) is 0 Å². The first-order valence-electron chi connectivity index (χ1n) is 6.44. The fraction of sp³-hybridized carbons (Fsp3) is 0.429. The predicted octanol–water partition coefficient (Wildman–Crippen LogP) is 1.78. The summed E-state index contributed by atoms with van der Waals surface area (Å²) in [4.78, 5) is 22.7. The maximum atomic E-state index is 11.5. The van der Waals surface area contributed by atoms with Gasteiger partial charge in [0.15, 0.2) is 0 Å². The molecule has 19 heavy (non-hydrogen) atoms. The molecule has 5 heteroatoms. The first-order chi connectivity index (χ1) is 9.13. The van der Waals surface area contributed by atoms with E-state index in [1.54, 1.807) is 0 Å². The van der Waals surface area contributed by atoms with Gasteiger partial charge in [-0.05, 0) is 12.0 Å². The first kappa shape index (κ1) is 15.0. The molecule has 1 rings (SSSR count). The Morgan fingerprint density at radius 3 is 2.53 bits per heavy atom. The zero-order valence-corrected chi connectivity index (χ0v) is 11.1. The number of carboxylic acid groups (broad SMARTS) is 1. The van der Waals surface area contributed by atoms with Crippen molar-refractivity contribution < 1.29 is 14.7 Å². The average molecular weight is 264 g/mol. The summed E-state index contributed by atoms with van der Waals surface area (Å²) >= 11 is 0. The number of amides is 2. The number of carbonyl (C=O) groups excluding carboxylic acids is 1. The van der Waals surface area contributed by atoms with Gasteiger partial charge < -0.3 is 15.7 Å². The summed E-state index contributed by atoms with van der Waals surface area (Å²) < 4.78 is 0. The Hall–Kier alpha value is -2.04. The minimum absolute atomic E-state index is 0.275. The van der Waals surface area contributed by atoms with Crippen molar-refractivity contribution in [1.29, 1.82) is 0 Å². The number of benzene rings is 1. The van der Waals surface area contributed by atoms with Gasteiger partial charge in [-0.15, -0.1) is 0 Å². The van der Waals surface area contributed by atoms with Crippen LogP contribution in [0.3, 0.4) is 0 Å². The highest BCUT2D eigenvalue weighted by atomic mass is 16.4. The summed E-state index contributed by atoms with van der Waals surface area (Å²) in [5.41, 5.74) is 0.878. The van der Waals surface area contributed by atoms with Gasteiger partial charge in [-0.1, -0.05) is 43.7 Å². The minimum Gasteiger partial charge on any atom is -0.480 e. The van der Waals surface area contributed by atoms with Crippen molar-refractivity contribution in [3.05, 3.63) is 35.9 Å². The molecule has 3 N–H and O–H groups in total. The number of hydrogen-bond donors (Lipinski definition) is 3. The summed E-state index contributed by atoms with van der Waals surface area (Å²) in [5.74, 6) is -1.03. The van der Waals surface area contributed by atoms with Crippen LogP contribution in [0.25, 0.3) is 0 Å². The van der Waals surface area contributed by atoms with E-state index in [1.807, 2.05) is 37.3 Å². The molecule has 104 valence electrons. The van der Waals surface area contributed by atoms with Crippen LogP contribution in [0.2, 0.25) is 0 Å². The lowest BCUT2D eigenvalue weighted by Gasteiger charge is -2.15. The Morgan fingerprint density at radius 2 is 1.95 bits per heavy atom. The third-order valence-corrected chi connectivity index (χ3v) is 2.70. The first-order valence-corrected chi connectivity index (χ1v) is 6.44. The number of rotatable bonds is 7. The number of urea groups is 1. The number of aliphatic carboxylic acids is 1. The van der Waals surface area contributed by atoms with Crippen LogP contribution in [0.4, 0.5) is 4.79 Å². The predicted molar refractivity (Wildman–Crippen MR) is 73.0 cm³/mol. The zero-order chi connectivity index (χ0) is 14.1. The Morgan fingerprint density at radius 1 is 1.26 bits per heavy atom. The average Bonchev–Trinajstić information content (AvgIpc) is 2.39. The van der Waals surface area contributed by atoms with E-state index in [0.29, 0.717) is 6.54 Å². The molecule has 0 saturated heterocycles. The quantitative estimate of drug-likeness (QED) is 0.657. The van der Waals surface area contributed by atoms with Crippen LogP contribution in [-0.2, 0) is 11.2 Å². The second kappa shape index (κ2) is 8.13. The fourth-order valence-corrected chi connectivity index (χ4v) is 1.64. The standard InChI is InChI=1S/C14H20N2O3/c1-2-3-9-15-14(19)16-12(13(17)18)10-11-7-5-4-6-8-11/h4-8,12H,2-3,9-10H2,1H3,(H,17,18)(H2,15,16,19)/t12-/m0/s1. The van der Waals surface area contributed by atoms with E-state index in [9.17, 15) is 9.59 Å². The van der Waals surface area contributed by atoms with E-state index in [2.05, 4.69) is 10.6 Å². The summed E-state index contributed by atoms with van der Waals surface area (Å²) in [6.07, 6.45) is 2.13. The Labute approximate surface area is 113 Å². The molecule has 0 aliphatic heterocycles. The van der Waals surface area contributed by atoms with Gasteiger partial charge in [0.25, 0.3) is 0 Å². The third kappa shape index (κ3) is 5.90. The van der Waals surface area contributed by atoms with Gasteiger partial charge in [0.1, 0.15) is 6.04 Å².